The number of nitrogens with one attached hydrogen (secondary N) is 2. The van der Waals surface area contributed by atoms with Crippen molar-refractivity contribution in [2.45, 2.75) is 12.5 Å². The number of halogens is 1. The number of aromatic nitrogens is 1. The van der Waals surface area contributed by atoms with Crippen molar-refractivity contribution < 1.29 is 14.0 Å². The Morgan fingerprint density at radius 3 is 2.67 bits per heavy atom. The van der Waals surface area contributed by atoms with Gasteiger partial charge in [-0.25, -0.2) is 4.39 Å². The van der Waals surface area contributed by atoms with Crippen molar-refractivity contribution in [1.82, 2.24) is 15.2 Å². The molecule has 0 saturated carbocycles. The van der Waals surface area contributed by atoms with E-state index in [-0.39, 0.29) is 12.0 Å². The second kappa shape index (κ2) is 7.70. The quantitative estimate of drug-likeness (QED) is 0.539. The smallest absolute Gasteiger partial charge is 0.258 e. The van der Waals surface area contributed by atoms with E-state index >= 15 is 0 Å². The molecule has 0 aliphatic carbocycles. The van der Waals surface area contributed by atoms with E-state index in [0.29, 0.717) is 0 Å². The molecule has 0 aliphatic rings. The summed E-state index contributed by atoms with van der Waals surface area (Å²) in [5, 5.41) is 12.5. The molecule has 1 heterocycles. The van der Waals surface area contributed by atoms with Crippen LogP contribution in [0.15, 0.2) is 54.7 Å². The van der Waals surface area contributed by atoms with Gasteiger partial charge in [-0.05, 0) is 23.8 Å². The largest absolute Gasteiger partial charge is 0.361 e. The van der Waals surface area contributed by atoms with Crippen molar-refractivity contribution in [2.75, 3.05) is 7.05 Å². The molecule has 0 bridgehead atoms. The number of para-hydroxylation sites is 1. The Morgan fingerprint density at radius 2 is 1.93 bits per heavy atom. The normalized spacial score (nSPS) is 11.6. The Labute approximate surface area is 155 Å². The van der Waals surface area contributed by atoms with Crippen LogP contribution in [0, 0.1) is 17.3 Å². The van der Waals surface area contributed by atoms with E-state index in [9.17, 15) is 14.0 Å². The number of benzene rings is 2. The van der Waals surface area contributed by atoms with E-state index in [1.807, 2.05) is 24.3 Å². The summed E-state index contributed by atoms with van der Waals surface area (Å²) >= 11 is 0. The number of nitrogens with zero attached hydrogens (tertiary/aromatic N) is 2. The fraction of sp³-hybridized carbons (Fsp3) is 0.150. The van der Waals surface area contributed by atoms with Crippen molar-refractivity contribution in [1.29, 1.82) is 5.26 Å². The second-order valence-electron chi connectivity index (χ2n) is 6.07. The van der Waals surface area contributed by atoms with E-state index in [0.717, 1.165) is 21.4 Å². The first-order valence-corrected chi connectivity index (χ1v) is 8.29. The second-order valence-corrected chi connectivity index (χ2v) is 6.07. The number of aromatic amines is 1. The first kappa shape index (κ1) is 18.1. The molecule has 1 aromatic heterocycles. The Kier molecular flexibility index (Phi) is 5.18. The molecule has 7 heteroatoms. The summed E-state index contributed by atoms with van der Waals surface area (Å²) in [6.45, 7) is 0. The summed E-state index contributed by atoms with van der Waals surface area (Å²) in [7, 11) is 1.32. The fourth-order valence-corrected chi connectivity index (χ4v) is 2.88. The van der Waals surface area contributed by atoms with Crippen molar-refractivity contribution in [3.8, 4) is 6.19 Å². The van der Waals surface area contributed by atoms with Gasteiger partial charge in [-0.3, -0.25) is 14.5 Å². The number of fused-ring (bicyclic) bond motifs is 1. The Hall–Kier alpha value is -3.66. The summed E-state index contributed by atoms with van der Waals surface area (Å²) in [5.41, 5.74) is 1.55. The van der Waals surface area contributed by atoms with Gasteiger partial charge in [0, 0.05) is 30.6 Å². The number of hydrogen-bond acceptors (Lipinski definition) is 3. The first-order valence-electron chi connectivity index (χ1n) is 8.29. The van der Waals surface area contributed by atoms with Crippen LogP contribution in [0.4, 0.5) is 4.39 Å². The van der Waals surface area contributed by atoms with Gasteiger partial charge in [-0.1, -0.05) is 30.3 Å². The molecule has 136 valence electrons. The van der Waals surface area contributed by atoms with Crippen LogP contribution in [0.3, 0.4) is 0 Å². The number of likely N-dealkylation sites (N-methyl/N-ethyl adjacent to an activating group) is 1. The third-order valence-electron chi connectivity index (χ3n) is 4.30. The molecule has 2 amide bonds. The third kappa shape index (κ3) is 3.80. The fourth-order valence-electron chi connectivity index (χ4n) is 2.88. The van der Waals surface area contributed by atoms with E-state index in [1.54, 1.807) is 12.4 Å². The third-order valence-corrected chi connectivity index (χ3v) is 4.30. The van der Waals surface area contributed by atoms with E-state index in [2.05, 4.69) is 10.3 Å². The number of carbonyl (C=O) groups excluding carboxylic acids is 2. The van der Waals surface area contributed by atoms with Crippen LogP contribution < -0.4 is 5.32 Å². The molecular formula is C20H17FN4O2. The van der Waals surface area contributed by atoms with Crippen LogP contribution in [0.1, 0.15) is 15.9 Å². The molecule has 0 radical (unpaired) electrons. The minimum Gasteiger partial charge on any atom is -0.361 e. The van der Waals surface area contributed by atoms with Crippen LogP contribution >= 0.6 is 0 Å². The monoisotopic (exact) mass is 364 g/mol. The number of hydrogen-bond donors (Lipinski definition) is 2. The van der Waals surface area contributed by atoms with E-state index < -0.39 is 23.7 Å². The van der Waals surface area contributed by atoms with Gasteiger partial charge in [0.25, 0.3) is 11.8 Å². The van der Waals surface area contributed by atoms with Gasteiger partial charge in [-0.15, -0.1) is 0 Å². The Balaban J connectivity index is 1.89. The van der Waals surface area contributed by atoms with Gasteiger partial charge in [0.1, 0.15) is 11.9 Å². The predicted octanol–water partition coefficient (Wildman–Crippen LogP) is 2.59. The van der Waals surface area contributed by atoms with Gasteiger partial charge in [-0.2, -0.15) is 5.26 Å². The highest BCUT2D eigenvalue weighted by Gasteiger charge is 2.26. The minimum atomic E-state index is -1.01. The molecule has 2 aromatic carbocycles. The summed E-state index contributed by atoms with van der Waals surface area (Å²) < 4.78 is 13.9. The molecule has 0 fully saturated rings. The maximum atomic E-state index is 13.9. The summed E-state index contributed by atoms with van der Waals surface area (Å²) in [6, 6.07) is 12.1. The van der Waals surface area contributed by atoms with Crippen LogP contribution in [0.25, 0.3) is 10.9 Å². The van der Waals surface area contributed by atoms with Gasteiger partial charge < -0.3 is 10.3 Å². The van der Waals surface area contributed by atoms with Crippen LogP contribution in [-0.2, 0) is 11.2 Å². The molecular weight excluding hydrogens is 347 g/mol. The zero-order valence-electron chi connectivity index (χ0n) is 14.6. The molecule has 3 rings (SSSR count). The van der Waals surface area contributed by atoms with Crippen molar-refractivity contribution in [2.24, 2.45) is 0 Å². The highest BCUT2D eigenvalue weighted by molar-refractivity contribution is 5.98. The SMILES string of the molecule is CN(C#N)C(=O)C(Cc1c[nH]c2ccccc12)NC(=O)c1ccccc1F. The average Bonchev–Trinajstić information content (AvgIpc) is 3.09. The number of rotatable bonds is 5. The van der Waals surface area contributed by atoms with Crippen LogP contribution in [0.2, 0.25) is 0 Å². The molecule has 2 N–H and O–H groups in total. The maximum absolute atomic E-state index is 13.9. The van der Waals surface area contributed by atoms with Crippen molar-refractivity contribution >= 4 is 22.7 Å². The summed E-state index contributed by atoms with van der Waals surface area (Å²) in [4.78, 5) is 29.0. The van der Waals surface area contributed by atoms with Crippen LogP contribution in [0.5, 0.6) is 0 Å². The highest BCUT2D eigenvalue weighted by atomic mass is 19.1. The molecule has 1 atom stereocenters. The number of carbonyl (C=O) groups is 2. The maximum Gasteiger partial charge on any atom is 0.258 e. The average molecular weight is 364 g/mol. The molecule has 1 unspecified atom stereocenters. The topological polar surface area (TPSA) is 89.0 Å². The summed E-state index contributed by atoms with van der Waals surface area (Å²) in [5.74, 6) is -1.97. The molecule has 6 nitrogen and oxygen atoms in total. The molecule has 27 heavy (non-hydrogen) atoms. The number of nitriles is 1. The number of H-pyrrole nitrogens is 1. The lowest BCUT2D eigenvalue weighted by Gasteiger charge is -2.20. The van der Waals surface area contributed by atoms with E-state index in [1.165, 1.54) is 31.3 Å². The van der Waals surface area contributed by atoms with E-state index in [4.69, 9.17) is 5.26 Å². The van der Waals surface area contributed by atoms with Gasteiger partial charge in [0.05, 0.1) is 5.56 Å². The Bertz CT molecular complexity index is 1040. The van der Waals surface area contributed by atoms with Crippen molar-refractivity contribution in [3.05, 3.63) is 71.7 Å². The first-order chi connectivity index (χ1) is 13.0. The minimum absolute atomic E-state index is 0.158. The molecule has 3 aromatic rings. The zero-order chi connectivity index (χ0) is 19.4. The highest BCUT2D eigenvalue weighted by Crippen LogP contribution is 2.20. The lowest BCUT2D eigenvalue weighted by molar-refractivity contribution is -0.129. The molecule has 0 spiro atoms. The molecule has 0 aliphatic heterocycles. The lowest BCUT2D eigenvalue weighted by Crippen LogP contribution is -2.47. The Morgan fingerprint density at radius 1 is 1.22 bits per heavy atom. The predicted molar refractivity (Wildman–Crippen MR) is 98.0 cm³/mol. The van der Waals surface area contributed by atoms with Gasteiger partial charge in [0.2, 0.25) is 0 Å². The van der Waals surface area contributed by atoms with Crippen LogP contribution in [-0.4, -0.2) is 34.8 Å². The van der Waals surface area contributed by atoms with Crippen molar-refractivity contribution in [3.63, 3.8) is 0 Å². The lowest BCUT2D eigenvalue weighted by atomic mass is 10.0. The molecule has 0 saturated heterocycles. The standard InChI is InChI=1S/C20H17FN4O2/c1-25(12-22)20(27)18(24-19(26)15-7-2-4-8-16(15)21)10-13-11-23-17-9-5-3-6-14(13)17/h2-9,11,18,23H,10H2,1H3,(H,24,26). The summed E-state index contributed by atoms with van der Waals surface area (Å²) in [6.07, 6.45) is 3.66. The zero-order valence-corrected chi connectivity index (χ0v) is 14.6. The van der Waals surface area contributed by atoms with Gasteiger partial charge in [0.15, 0.2) is 6.19 Å². The van der Waals surface area contributed by atoms with Gasteiger partial charge >= 0.3 is 0 Å². The number of amides is 2.